The molecule has 0 N–H and O–H groups in total. The van der Waals surface area contributed by atoms with Crippen LogP contribution in [0.3, 0.4) is 0 Å². The summed E-state index contributed by atoms with van der Waals surface area (Å²) < 4.78 is 475. The van der Waals surface area contributed by atoms with Crippen molar-refractivity contribution in [1.82, 2.24) is 0 Å². The molecule has 127 heavy (non-hydrogen) atoms. The van der Waals surface area contributed by atoms with Gasteiger partial charge in [0.05, 0.1) is 26.4 Å². The predicted octanol–water partition coefficient (Wildman–Crippen LogP) is -35.9. The van der Waals surface area contributed by atoms with Crippen molar-refractivity contribution in [3.05, 3.63) is 134 Å². The third-order valence-corrected chi connectivity index (χ3v) is 17.6. The maximum absolute atomic E-state index is 14.6. The maximum Gasteiger partial charge on any atom is 1.00 e. The number of allylic oxidation sites excluding steroid dienone is 2. The fourth-order valence-electron chi connectivity index (χ4n) is 9.79. The zero-order valence-electron chi connectivity index (χ0n) is 65.6. The van der Waals surface area contributed by atoms with Crippen molar-refractivity contribution in [2.75, 3.05) is 26.4 Å². The molecular formula is C51H29Na11O54S11. The van der Waals surface area contributed by atoms with Gasteiger partial charge in [0.1, 0.15) is 68.5 Å². The molecule has 0 amide bonds. The summed E-state index contributed by atoms with van der Waals surface area (Å²) in [4.78, 5) is 43.0. The molecule has 5 aromatic carbocycles. The van der Waals surface area contributed by atoms with Gasteiger partial charge in [-0.2, -0.15) is 0 Å². The smallest absolute Gasteiger partial charge is 0.716 e. The molecular weight excluding hydrogens is 2080 g/mol. The topological polar surface area (TPSA) is 854 Å². The molecule has 1 aliphatic carbocycles. The van der Waals surface area contributed by atoms with E-state index in [1.807, 2.05) is 0 Å². The maximum atomic E-state index is 14.6. The Hall–Kier alpha value is 0.220. The van der Waals surface area contributed by atoms with Gasteiger partial charge < -0.3 is 129 Å². The van der Waals surface area contributed by atoms with Crippen LogP contribution in [0.15, 0.2) is 127 Å². The second-order valence-electron chi connectivity index (χ2n) is 21.5. The average Bonchev–Trinajstić information content (AvgIpc) is 0.761. The fourth-order valence-corrected chi connectivity index (χ4v) is 13.6. The molecule has 2 atom stereocenters. The van der Waals surface area contributed by atoms with E-state index in [1.165, 1.54) is 0 Å². The third-order valence-electron chi connectivity index (χ3n) is 13.3. The van der Waals surface area contributed by atoms with Gasteiger partial charge in [0.25, 0.3) is 114 Å². The largest absolute Gasteiger partial charge is 1.00 e. The van der Waals surface area contributed by atoms with E-state index in [9.17, 15) is 157 Å². The minimum absolute atomic E-state index is 0. The molecule has 54 nitrogen and oxygen atoms in total. The Morgan fingerprint density at radius 1 is 0.307 bits per heavy atom. The second kappa shape index (κ2) is 51.9. The van der Waals surface area contributed by atoms with E-state index >= 15 is 0 Å². The summed E-state index contributed by atoms with van der Waals surface area (Å²) >= 11 is 0. The fraction of sp³-hybridized carbons (Fsp3) is 0.157. The van der Waals surface area contributed by atoms with Crippen LogP contribution in [0.5, 0.6) is 69.0 Å². The van der Waals surface area contributed by atoms with Gasteiger partial charge in [-0.05, 0) is 54.6 Å². The number of ketones is 1. The molecule has 0 bridgehead atoms. The predicted molar refractivity (Wildman–Crippen MR) is 345 cm³/mol. The molecule has 634 valence electrons. The van der Waals surface area contributed by atoms with E-state index in [-0.39, 0.29) is 337 Å². The van der Waals surface area contributed by atoms with Crippen LogP contribution in [0, 0.1) is 5.92 Å². The van der Waals surface area contributed by atoms with Crippen LogP contribution >= 0.6 is 0 Å². The molecule has 7 aromatic rings. The first-order valence-electron chi connectivity index (χ1n) is 28.8. The Kier molecular flexibility index (Phi) is 53.7. The van der Waals surface area contributed by atoms with E-state index in [0.717, 1.165) is 0 Å². The molecule has 3 heterocycles. The Morgan fingerprint density at radius 3 is 0.945 bits per heavy atom. The molecule has 2 aromatic heterocycles. The van der Waals surface area contributed by atoms with Gasteiger partial charge in [-0.15, -0.1) is 0 Å². The van der Waals surface area contributed by atoms with Crippen LogP contribution in [-0.4, -0.2) is 181 Å². The zero-order valence-corrected chi connectivity index (χ0v) is 96.6. The van der Waals surface area contributed by atoms with Gasteiger partial charge in [-0.25, -0.2) is 92.6 Å². The number of rotatable bonds is 37. The molecule has 0 saturated carbocycles. The molecule has 0 spiro atoms. The van der Waals surface area contributed by atoms with Crippen molar-refractivity contribution < 1.29 is 551 Å². The van der Waals surface area contributed by atoms with Crippen LogP contribution < -0.4 is 388 Å². The van der Waals surface area contributed by atoms with Crippen molar-refractivity contribution in [1.29, 1.82) is 0 Å². The van der Waals surface area contributed by atoms with Gasteiger partial charge in [0, 0.05) is 65.9 Å². The Morgan fingerprint density at radius 2 is 0.606 bits per heavy atom. The van der Waals surface area contributed by atoms with Gasteiger partial charge in [-0.1, -0.05) is 0 Å². The number of hydrogen-bond acceptors (Lipinski definition) is 54. The van der Waals surface area contributed by atoms with E-state index in [2.05, 4.69) is 46.0 Å². The van der Waals surface area contributed by atoms with Crippen LogP contribution in [0.1, 0.15) is 18.4 Å². The van der Waals surface area contributed by atoms with Crippen molar-refractivity contribution >= 4 is 148 Å². The van der Waals surface area contributed by atoms with E-state index in [4.69, 9.17) is 32.5 Å². The molecule has 76 heteroatoms. The average molecular weight is 2110 g/mol. The van der Waals surface area contributed by atoms with Crippen LogP contribution in [0.2, 0.25) is 0 Å². The van der Waals surface area contributed by atoms with Crippen molar-refractivity contribution in [3.8, 4) is 91.6 Å². The van der Waals surface area contributed by atoms with Gasteiger partial charge >= 0.3 is 325 Å². The molecule has 2 unspecified atom stereocenters. The van der Waals surface area contributed by atoms with Crippen molar-refractivity contribution in [2.24, 2.45) is 5.92 Å². The number of hydrogen-bond donors (Lipinski definition) is 0. The number of fused-ring (bicyclic) bond motifs is 3. The normalized spacial score (nSPS) is 14.0. The second-order valence-corrected chi connectivity index (χ2v) is 32.3. The summed E-state index contributed by atoms with van der Waals surface area (Å²) in [6.07, 6.45) is -2.52. The Bertz CT molecular complexity index is 6860. The summed E-state index contributed by atoms with van der Waals surface area (Å²) in [5.41, 5.74) is -8.50. The summed E-state index contributed by atoms with van der Waals surface area (Å²) in [6, 6.07) is 5.37. The summed E-state index contributed by atoms with van der Waals surface area (Å²) in [5, 5.41) is -2.20. The minimum Gasteiger partial charge on any atom is -0.716 e. The molecule has 1 aliphatic heterocycles. The van der Waals surface area contributed by atoms with E-state index in [0.29, 0.717) is 78.9 Å². The number of carbonyl (C=O) groups is 1. The molecule has 2 aliphatic rings. The summed E-state index contributed by atoms with van der Waals surface area (Å²) in [5.74, 6) is -27.3. The number of ether oxygens (including phenoxy) is 5. The zero-order chi connectivity index (χ0) is 86.4. The first-order chi connectivity index (χ1) is 53.0. The summed E-state index contributed by atoms with van der Waals surface area (Å²) in [7, 11) is -65.6. The van der Waals surface area contributed by atoms with Crippen molar-refractivity contribution in [3.63, 3.8) is 0 Å². The van der Waals surface area contributed by atoms with Crippen LogP contribution in [0.4, 0.5) is 0 Å². The molecule has 0 saturated heterocycles. The van der Waals surface area contributed by atoms with Gasteiger partial charge in [0.15, 0.2) is 51.8 Å². The van der Waals surface area contributed by atoms with Crippen molar-refractivity contribution in [2.45, 2.75) is 18.9 Å². The number of benzene rings is 5. The van der Waals surface area contributed by atoms with Crippen LogP contribution in [0.25, 0.3) is 50.3 Å². The minimum atomic E-state index is -6.20. The Labute approximate surface area is 959 Å². The van der Waals surface area contributed by atoms with E-state index < -0.39 is 325 Å². The molecule has 9 rings (SSSR count). The monoisotopic (exact) mass is 2110 g/mol. The summed E-state index contributed by atoms with van der Waals surface area (Å²) in [6.45, 7) is -3.71. The number of Topliss-reactive ketones (excluding diaryl/α,β-unsaturated/α-hetero) is 1. The SMILES string of the molecule is O=C1C(OS(=O)(=O)[O-])=C(c2ccc(OS(=O)(=O)[O-])c(OCCCOc3cc(OS(=O)(=O)[O-])cc4oc(-c5ccc(OS(=O)(=O)[O-])c(OS(=O)(=O)[O-])c5)c(OS(=O)(=O)[O-])c(=O)c34)c2)OC2C=C(OS(=O)(=O)[O-])C=C(OCCCOc3cc(OS(=O)(=O)[O-])cc4oc(-c5ccc(OS(=O)(=O)[O-])c(OS(=O)(=O)[O-])c5)c(OS(=O)(=O)[O-])c(=O)c34)C12.[Na+].[Na+].[Na+].[Na+].[Na+].[Na+].[Na+].[Na+].[Na+].[Na+].[Na+]. The first-order valence-corrected chi connectivity index (χ1v) is 43.5. The third kappa shape index (κ3) is 40.9. The Balaban J connectivity index is -0.0000140. The van der Waals surface area contributed by atoms with Gasteiger partial charge in [0.2, 0.25) is 33.9 Å². The molecule has 0 fully saturated rings. The van der Waals surface area contributed by atoms with Gasteiger partial charge in [-0.3, -0.25) is 14.4 Å². The van der Waals surface area contributed by atoms with E-state index in [1.54, 1.807) is 0 Å². The van der Waals surface area contributed by atoms with Crippen LogP contribution in [-0.2, 0) is 137 Å². The molecule has 0 radical (unpaired) electrons. The quantitative estimate of drug-likeness (QED) is 0.0151. The first kappa shape index (κ1) is 131. The standard InChI is InChI=1S/C51H40O54S11.11Na/c52-43-40-35(90-11-2-12-91-36-18-27(97-108(61,62)63)21-39-42(36)45(54)51(105-116(85,86)87)48(94-39)24-5-8-30(100-111(70,71)72)33(15-24)102-113(76,77)78)17-25(95-106(55,56)57)19-37(40)92-46(49(43)103-114(79,80)81)22-3-6-28(98-109(64,65)66)31(13-22)88-9-1-10-89-34-16-26(96-107(58,59)60)20-38-41(34)44(53)50(104-115(82,83)84)47(93-38)23-4-7-29(99-110(67,68)69)32(14-23)101-112(73,74)75;;;;;;;;;;;/h3-8,13-21,37,40H,1-2,9-12H2,(H,55,56,57)(H,58,59,60)(H,61,62,63)(H,64,65,66)(H,67,68,69)(H,70,71,72)(H,73,74,75)(H,76,77,78)(H,79,80,81)(H,82,83,84)(H,85,86,87);;;;;;;;;;;/q;11*+1/p-11. The number of carbonyl (C=O) groups excluding carboxylic acids is 1.